The Hall–Kier alpha value is -2.90. The van der Waals surface area contributed by atoms with Gasteiger partial charge in [0.25, 0.3) is 11.6 Å². The number of rotatable bonds is 6. The average Bonchev–Trinajstić information content (AvgIpc) is 2.99. The van der Waals surface area contributed by atoms with Gasteiger partial charge in [0.05, 0.1) is 23.9 Å². The van der Waals surface area contributed by atoms with Gasteiger partial charge < -0.3 is 14.6 Å². The molecule has 22 heavy (non-hydrogen) atoms. The predicted octanol–water partition coefficient (Wildman–Crippen LogP) is 1.62. The first-order valence-electron chi connectivity index (χ1n) is 6.60. The van der Waals surface area contributed by atoms with Crippen LogP contribution in [0.15, 0.2) is 36.9 Å². The zero-order valence-electron chi connectivity index (χ0n) is 12.2. The van der Waals surface area contributed by atoms with Crippen LogP contribution in [0, 0.1) is 10.1 Å². The number of nitrogens with zero attached hydrogens (tertiary/aromatic N) is 3. The fourth-order valence-corrected chi connectivity index (χ4v) is 2.05. The maximum Gasteiger partial charge on any atom is 0.270 e. The highest BCUT2D eigenvalue weighted by molar-refractivity contribution is 5.97. The number of ether oxygens (including phenoxy) is 1. The third kappa shape index (κ3) is 3.60. The summed E-state index contributed by atoms with van der Waals surface area (Å²) >= 11 is 0. The van der Waals surface area contributed by atoms with Crippen molar-refractivity contribution in [2.45, 2.75) is 19.5 Å². The maximum atomic E-state index is 12.3. The Balaban J connectivity index is 2.13. The minimum Gasteiger partial charge on any atom is -0.496 e. The van der Waals surface area contributed by atoms with Crippen LogP contribution in [0.1, 0.15) is 17.3 Å². The van der Waals surface area contributed by atoms with Crippen LogP contribution in [0.3, 0.4) is 0 Å². The minimum absolute atomic E-state index is 0.134. The Kier molecular flexibility index (Phi) is 4.72. The third-order valence-electron chi connectivity index (χ3n) is 3.06. The van der Waals surface area contributed by atoms with Crippen molar-refractivity contribution in [2.24, 2.45) is 0 Å². The molecule has 0 bridgehead atoms. The molecule has 0 aliphatic rings. The first kappa shape index (κ1) is 15.5. The number of aromatic nitrogens is 2. The van der Waals surface area contributed by atoms with Crippen LogP contribution < -0.4 is 10.1 Å². The number of benzene rings is 1. The Labute approximate surface area is 126 Å². The molecular formula is C14H16N4O4. The molecule has 1 aromatic carbocycles. The highest BCUT2D eigenvalue weighted by Crippen LogP contribution is 2.23. The van der Waals surface area contributed by atoms with Crippen LogP contribution in [0.2, 0.25) is 0 Å². The highest BCUT2D eigenvalue weighted by Gasteiger charge is 2.18. The van der Waals surface area contributed by atoms with Crippen molar-refractivity contribution in [1.82, 2.24) is 14.9 Å². The van der Waals surface area contributed by atoms with E-state index in [1.165, 1.54) is 25.3 Å². The van der Waals surface area contributed by atoms with Crippen molar-refractivity contribution in [3.63, 3.8) is 0 Å². The van der Waals surface area contributed by atoms with E-state index in [0.29, 0.717) is 6.54 Å². The number of carbonyl (C=O) groups excluding carboxylic acids is 1. The number of hydrogen-bond acceptors (Lipinski definition) is 5. The van der Waals surface area contributed by atoms with E-state index in [4.69, 9.17) is 4.74 Å². The largest absolute Gasteiger partial charge is 0.496 e. The number of hydrogen-bond donors (Lipinski definition) is 1. The van der Waals surface area contributed by atoms with Crippen LogP contribution in [0.25, 0.3) is 0 Å². The van der Waals surface area contributed by atoms with Crippen molar-refractivity contribution in [2.75, 3.05) is 7.11 Å². The van der Waals surface area contributed by atoms with Crippen LogP contribution in [0.5, 0.6) is 5.75 Å². The number of nitro benzene ring substituents is 1. The number of nitrogens with one attached hydrogen (secondary N) is 1. The van der Waals surface area contributed by atoms with Gasteiger partial charge in [-0.15, -0.1) is 0 Å². The monoisotopic (exact) mass is 304 g/mol. The minimum atomic E-state index is -0.550. The molecule has 0 spiro atoms. The van der Waals surface area contributed by atoms with Gasteiger partial charge in [-0.05, 0) is 13.0 Å². The van der Waals surface area contributed by atoms with Gasteiger partial charge in [-0.1, -0.05) is 0 Å². The molecule has 0 fully saturated rings. The van der Waals surface area contributed by atoms with Gasteiger partial charge in [-0.25, -0.2) is 4.98 Å². The second-order valence-electron chi connectivity index (χ2n) is 4.78. The molecule has 0 aliphatic carbocycles. The van der Waals surface area contributed by atoms with Crippen molar-refractivity contribution < 1.29 is 14.5 Å². The van der Waals surface area contributed by atoms with Crippen molar-refractivity contribution >= 4 is 11.6 Å². The average molecular weight is 304 g/mol. The zero-order valence-corrected chi connectivity index (χ0v) is 12.2. The summed E-state index contributed by atoms with van der Waals surface area (Å²) in [5.74, 6) is -0.133. The smallest absolute Gasteiger partial charge is 0.270 e. The van der Waals surface area contributed by atoms with E-state index in [1.54, 1.807) is 18.7 Å². The first-order chi connectivity index (χ1) is 10.5. The summed E-state index contributed by atoms with van der Waals surface area (Å²) in [5, 5.41) is 13.6. The van der Waals surface area contributed by atoms with Gasteiger partial charge in [0.15, 0.2) is 0 Å². The fourth-order valence-electron chi connectivity index (χ4n) is 2.05. The van der Waals surface area contributed by atoms with E-state index in [2.05, 4.69) is 10.3 Å². The normalized spacial score (nSPS) is 11.7. The molecule has 8 heteroatoms. The second kappa shape index (κ2) is 6.70. The zero-order chi connectivity index (χ0) is 16.1. The standard InChI is InChI=1S/C14H16N4O4/c1-10(8-17-6-5-15-9-17)16-14(19)12-7-11(18(20)21)3-4-13(12)22-2/h3-7,9-10H,8H2,1-2H3,(H,16,19). The van der Waals surface area contributed by atoms with E-state index in [-0.39, 0.29) is 23.0 Å². The van der Waals surface area contributed by atoms with E-state index >= 15 is 0 Å². The molecule has 1 unspecified atom stereocenters. The topological polar surface area (TPSA) is 99.3 Å². The van der Waals surface area contributed by atoms with Gasteiger partial charge in [-0.2, -0.15) is 0 Å². The summed E-state index contributed by atoms with van der Waals surface area (Å²) in [6, 6.07) is 3.74. The van der Waals surface area contributed by atoms with Crippen LogP contribution in [-0.2, 0) is 6.54 Å². The van der Waals surface area contributed by atoms with Crippen molar-refractivity contribution in [3.8, 4) is 5.75 Å². The molecular weight excluding hydrogens is 288 g/mol. The van der Waals surface area contributed by atoms with Crippen LogP contribution in [-0.4, -0.2) is 33.5 Å². The number of methoxy groups -OCH3 is 1. The number of carbonyl (C=O) groups is 1. The Bertz CT molecular complexity index is 669. The molecule has 116 valence electrons. The maximum absolute atomic E-state index is 12.3. The van der Waals surface area contributed by atoms with E-state index in [0.717, 1.165) is 0 Å². The van der Waals surface area contributed by atoms with E-state index in [9.17, 15) is 14.9 Å². The number of amides is 1. The molecule has 0 saturated heterocycles. The van der Waals surface area contributed by atoms with Crippen molar-refractivity contribution in [1.29, 1.82) is 0 Å². The van der Waals surface area contributed by atoms with Gasteiger partial charge in [0.2, 0.25) is 0 Å². The molecule has 0 saturated carbocycles. The molecule has 0 radical (unpaired) electrons. The molecule has 1 amide bonds. The SMILES string of the molecule is COc1ccc([N+](=O)[O-])cc1C(=O)NC(C)Cn1ccnc1. The molecule has 2 rings (SSSR count). The quantitative estimate of drug-likeness (QED) is 0.645. The third-order valence-corrected chi connectivity index (χ3v) is 3.06. The van der Waals surface area contributed by atoms with Gasteiger partial charge in [0, 0.05) is 37.1 Å². The lowest BCUT2D eigenvalue weighted by molar-refractivity contribution is -0.384. The summed E-state index contributed by atoms with van der Waals surface area (Å²) < 4.78 is 6.92. The Morgan fingerprint density at radius 1 is 1.55 bits per heavy atom. The number of nitro groups is 1. The number of imidazole rings is 1. The molecule has 0 aliphatic heterocycles. The van der Waals surface area contributed by atoms with Gasteiger partial charge in [-0.3, -0.25) is 14.9 Å². The lowest BCUT2D eigenvalue weighted by Crippen LogP contribution is -2.35. The number of non-ortho nitro benzene ring substituents is 1. The fraction of sp³-hybridized carbons (Fsp3) is 0.286. The van der Waals surface area contributed by atoms with Crippen LogP contribution in [0.4, 0.5) is 5.69 Å². The summed E-state index contributed by atoms with van der Waals surface area (Å²) in [4.78, 5) is 26.5. The van der Waals surface area contributed by atoms with E-state index in [1.807, 2.05) is 11.5 Å². The second-order valence-corrected chi connectivity index (χ2v) is 4.78. The van der Waals surface area contributed by atoms with Crippen LogP contribution >= 0.6 is 0 Å². The van der Waals surface area contributed by atoms with Crippen molar-refractivity contribution in [3.05, 3.63) is 52.6 Å². The lowest BCUT2D eigenvalue weighted by atomic mass is 10.1. The summed E-state index contributed by atoms with van der Waals surface area (Å²) in [7, 11) is 1.41. The van der Waals surface area contributed by atoms with E-state index < -0.39 is 10.8 Å². The van der Waals surface area contributed by atoms with Gasteiger partial charge >= 0.3 is 0 Å². The highest BCUT2D eigenvalue weighted by atomic mass is 16.6. The first-order valence-corrected chi connectivity index (χ1v) is 6.60. The summed E-state index contributed by atoms with van der Waals surface area (Å²) in [6.45, 7) is 2.38. The molecule has 1 atom stereocenters. The Morgan fingerprint density at radius 3 is 2.91 bits per heavy atom. The Morgan fingerprint density at radius 2 is 2.32 bits per heavy atom. The predicted molar refractivity (Wildman–Crippen MR) is 78.8 cm³/mol. The summed E-state index contributed by atoms with van der Waals surface area (Å²) in [6.07, 6.45) is 5.09. The molecule has 8 nitrogen and oxygen atoms in total. The molecule has 2 aromatic rings. The molecule has 1 N–H and O–H groups in total. The molecule has 1 heterocycles. The summed E-state index contributed by atoms with van der Waals surface area (Å²) in [5.41, 5.74) is -0.0256. The van der Waals surface area contributed by atoms with Gasteiger partial charge in [0.1, 0.15) is 5.75 Å². The molecule has 1 aromatic heterocycles. The lowest BCUT2D eigenvalue weighted by Gasteiger charge is -2.15.